The van der Waals surface area contributed by atoms with Gasteiger partial charge in [0.1, 0.15) is 11.6 Å². The lowest BCUT2D eigenvalue weighted by atomic mass is 9.97. The van der Waals surface area contributed by atoms with Gasteiger partial charge in [-0.25, -0.2) is 17.5 Å². The number of anilines is 1. The molecule has 0 saturated carbocycles. The molecule has 0 unspecified atom stereocenters. The van der Waals surface area contributed by atoms with E-state index in [0.717, 1.165) is 5.56 Å². The van der Waals surface area contributed by atoms with Gasteiger partial charge in [-0.2, -0.15) is 9.40 Å². The van der Waals surface area contributed by atoms with E-state index in [-0.39, 0.29) is 35.6 Å². The molecule has 0 aliphatic carbocycles. The molecule has 180 valence electrons. The Labute approximate surface area is 199 Å². The molecule has 0 radical (unpaired) electrons. The predicted molar refractivity (Wildman–Crippen MR) is 129 cm³/mol. The minimum absolute atomic E-state index is 0.179. The van der Waals surface area contributed by atoms with Crippen LogP contribution in [-0.4, -0.2) is 41.5 Å². The number of amides is 1. The van der Waals surface area contributed by atoms with Gasteiger partial charge in [0.15, 0.2) is 0 Å². The number of carbonyl (C=O) groups excluding carboxylic acids is 1. The molecule has 1 amide bonds. The summed E-state index contributed by atoms with van der Waals surface area (Å²) in [4.78, 5) is 13.2. The number of hydrogen-bond acceptors (Lipinski definition) is 4. The molecule has 1 aliphatic rings. The summed E-state index contributed by atoms with van der Waals surface area (Å²) in [6, 6.07) is 14.6. The van der Waals surface area contributed by atoms with Gasteiger partial charge < -0.3 is 5.32 Å². The van der Waals surface area contributed by atoms with Crippen molar-refractivity contribution in [3.8, 4) is 5.69 Å². The number of carbonyl (C=O) groups is 1. The smallest absolute Gasteiger partial charge is 0.243 e. The average molecular weight is 485 g/mol. The molecule has 1 aliphatic heterocycles. The Hall–Kier alpha value is -3.04. The molecule has 0 spiro atoms. The summed E-state index contributed by atoms with van der Waals surface area (Å²) < 4.78 is 42.4. The third kappa shape index (κ3) is 5.05. The Kier molecular flexibility index (Phi) is 6.86. The van der Waals surface area contributed by atoms with Crippen molar-refractivity contribution in [2.75, 3.05) is 18.4 Å². The first-order valence-corrected chi connectivity index (χ1v) is 12.8. The van der Waals surface area contributed by atoms with Crippen LogP contribution in [0.4, 0.5) is 10.2 Å². The summed E-state index contributed by atoms with van der Waals surface area (Å²) in [5.41, 5.74) is 2.43. The monoisotopic (exact) mass is 484 g/mol. The van der Waals surface area contributed by atoms with Gasteiger partial charge in [0.05, 0.1) is 16.3 Å². The molecule has 4 rings (SSSR count). The van der Waals surface area contributed by atoms with Crippen molar-refractivity contribution in [1.29, 1.82) is 0 Å². The van der Waals surface area contributed by atoms with Crippen LogP contribution in [0, 0.1) is 18.7 Å². The van der Waals surface area contributed by atoms with E-state index in [9.17, 15) is 17.6 Å². The highest BCUT2D eigenvalue weighted by Gasteiger charge is 2.32. The summed E-state index contributed by atoms with van der Waals surface area (Å²) in [5, 5.41) is 7.31. The molecular formula is C25H29FN4O3S. The summed E-state index contributed by atoms with van der Waals surface area (Å²) in [5.74, 6) is -0.0207. The predicted octanol–water partition coefficient (Wildman–Crippen LogP) is 4.48. The zero-order valence-electron chi connectivity index (χ0n) is 19.5. The molecule has 3 aromatic rings. The van der Waals surface area contributed by atoms with Crippen molar-refractivity contribution in [2.24, 2.45) is 5.92 Å². The fourth-order valence-electron chi connectivity index (χ4n) is 4.13. The number of aromatic nitrogens is 2. The van der Waals surface area contributed by atoms with Crippen LogP contribution in [-0.2, 0) is 14.8 Å². The SMILES string of the molecule is Cc1cc(NC(=O)C2CCN(S(=O)(=O)c3ccc(C(C)C)cc3)CC2)n(-c2ccc(F)cc2)n1. The highest BCUT2D eigenvalue weighted by Crippen LogP contribution is 2.27. The molecule has 2 heterocycles. The van der Waals surface area contributed by atoms with Crippen LogP contribution in [0.15, 0.2) is 59.5 Å². The van der Waals surface area contributed by atoms with Gasteiger partial charge in [-0.15, -0.1) is 0 Å². The first-order chi connectivity index (χ1) is 16.1. The standard InChI is InChI=1S/C25H29FN4O3S/c1-17(2)19-4-10-23(11-5-19)34(32,33)29-14-12-20(13-15-29)25(31)27-24-16-18(3)28-30(24)22-8-6-21(26)7-9-22/h4-11,16-17,20H,12-15H2,1-3H3,(H,27,31). The second kappa shape index (κ2) is 9.68. The number of halogens is 1. The lowest BCUT2D eigenvalue weighted by Crippen LogP contribution is -2.41. The minimum Gasteiger partial charge on any atom is -0.310 e. The number of nitrogens with one attached hydrogen (secondary N) is 1. The number of rotatable bonds is 6. The van der Waals surface area contributed by atoms with Crippen molar-refractivity contribution >= 4 is 21.7 Å². The molecule has 0 bridgehead atoms. The lowest BCUT2D eigenvalue weighted by molar-refractivity contribution is -0.120. The summed E-state index contributed by atoms with van der Waals surface area (Å²) in [6.07, 6.45) is 0.859. The van der Waals surface area contributed by atoms with E-state index in [4.69, 9.17) is 0 Å². The van der Waals surface area contributed by atoms with Crippen molar-refractivity contribution in [3.05, 3.63) is 71.7 Å². The van der Waals surface area contributed by atoms with Crippen LogP contribution in [0.2, 0.25) is 0 Å². The zero-order valence-corrected chi connectivity index (χ0v) is 20.3. The highest BCUT2D eigenvalue weighted by atomic mass is 32.2. The Bertz CT molecular complexity index is 1260. The molecule has 1 saturated heterocycles. The maximum absolute atomic E-state index is 13.3. The van der Waals surface area contributed by atoms with Crippen molar-refractivity contribution in [1.82, 2.24) is 14.1 Å². The number of sulfonamides is 1. The summed E-state index contributed by atoms with van der Waals surface area (Å²) >= 11 is 0. The maximum atomic E-state index is 13.3. The molecule has 34 heavy (non-hydrogen) atoms. The zero-order chi connectivity index (χ0) is 24.5. The van der Waals surface area contributed by atoms with E-state index >= 15 is 0 Å². The topological polar surface area (TPSA) is 84.3 Å². The van der Waals surface area contributed by atoms with Crippen LogP contribution in [0.5, 0.6) is 0 Å². The number of piperidine rings is 1. The van der Waals surface area contributed by atoms with Gasteiger partial charge in [-0.1, -0.05) is 26.0 Å². The van der Waals surface area contributed by atoms with E-state index in [1.807, 2.05) is 19.1 Å². The summed E-state index contributed by atoms with van der Waals surface area (Å²) in [7, 11) is -3.60. The first-order valence-electron chi connectivity index (χ1n) is 11.4. The first kappa shape index (κ1) is 24.1. The van der Waals surface area contributed by atoms with Crippen LogP contribution in [0.1, 0.15) is 43.9 Å². The molecular weight excluding hydrogens is 455 g/mol. The normalized spacial score (nSPS) is 15.6. The van der Waals surface area contributed by atoms with Crippen molar-refractivity contribution in [3.63, 3.8) is 0 Å². The van der Waals surface area contributed by atoms with E-state index in [2.05, 4.69) is 24.3 Å². The molecule has 1 N–H and O–H groups in total. The van der Waals surface area contributed by atoms with E-state index in [0.29, 0.717) is 36.0 Å². The van der Waals surface area contributed by atoms with Crippen LogP contribution in [0.25, 0.3) is 5.69 Å². The molecule has 1 aromatic heterocycles. The number of aryl methyl sites for hydroxylation is 1. The average Bonchev–Trinajstić information content (AvgIpc) is 3.19. The Morgan fingerprint density at radius 3 is 2.26 bits per heavy atom. The maximum Gasteiger partial charge on any atom is 0.243 e. The van der Waals surface area contributed by atoms with Gasteiger partial charge in [-0.05, 0) is 67.6 Å². The lowest BCUT2D eigenvalue weighted by Gasteiger charge is -2.30. The van der Waals surface area contributed by atoms with Crippen LogP contribution >= 0.6 is 0 Å². The number of nitrogens with zero attached hydrogens (tertiary/aromatic N) is 3. The molecule has 2 aromatic carbocycles. The Balaban J connectivity index is 1.41. The van der Waals surface area contributed by atoms with Gasteiger partial charge >= 0.3 is 0 Å². The second-order valence-corrected chi connectivity index (χ2v) is 10.9. The van der Waals surface area contributed by atoms with Gasteiger partial charge in [0, 0.05) is 25.1 Å². The van der Waals surface area contributed by atoms with Crippen molar-refractivity contribution < 1.29 is 17.6 Å². The van der Waals surface area contributed by atoms with Crippen LogP contribution in [0.3, 0.4) is 0 Å². The molecule has 7 nitrogen and oxygen atoms in total. The third-order valence-electron chi connectivity index (χ3n) is 6.16. The summed E-state index contributed by atoms with van der Waals surface area (Å²) in [6.45, 7) is 6.50. The van der Waals surface area contributed by atoms with E-state index in [1.54, 1.807) is 35.0 Å². The van der Waals surface area contributed by atoms with Gasteiger partial charge in [0.2, 0.25) is 15.9 Å². The van der Waals surface area contributed by atoms with E-state index in [1.165, 1.54) is 16.4 Å². The van der Waals surface area contributed by atoms with Gasteiger partial charge in [-0.3, -0.25) is 4.79 Å². The third-order valence-corrected chi connectivity index (χ3v) is 8.08. The van der Waals surface area contributed by atoms with Gasteiger partial charge in [0.25, 0.3) is 0 Å². The molecule has 9 heteroatoms. The second-order valence-electron chi connectivity index (χ2n) is 8.95. The quantitative estimate of drug-likeness (QED) is 0.559. The number of benzene rings is 2. The Morgan fingerprint density at radius 2 is 1.68 bits per heavy atom. The largest absolute Gasteiger partial charge is 0.310 e. The van der Waals surface area contributed by atoms with Crippen molar-refractivity contribution in [2.45, 2.75) is 44.4 Å². The fraction of sp³-hybridized carbons (Fsp3) is 0.360. The fourth-order valence-corrected chi connectivity index (χ4v) is 5.60. The number of hydrogen-bond donors (Lipinski definition) is 1. The molecule has 1 fully saturated rings. The highest BCUT2D eigenvalue weighted by molar-refractivity contribution is 7.89. The minimum atomic E-state index is -3.60. The Morgan fingerprint density at radius 1 is 1.06 bits per heavy atom. The van der Waals surface area contributed by atoms with E-state index < -0.39 is 10.0 Å². The molecule has 0 atom stereocenters. The van der Waals surface area contributed by atoms with Crippen LogP contribution < -0.4 is 5.32 Å².